The minimum Gasteiger partial charge on any atom is -0.481 e. The van der Waals surface area contributed by atoms with Crippen molar-refractivity contribution in [2.24, 2.45) is 5.73 Å². The van der Waals surface area contributed by atoms with Crippen LogP contribution in [0.4, 0.5) is 0 Å². The summed E-state index contributed by atoms with van der Waals surface area (Å²) in [6.07, 6.45) is -0.0344. The lowest BCUT2D eigenvalue weighted by Gasteiger charge is -2.33. The fourth-order valence-corrected chi connectivity index (χ4v) is 1.92. The van der Waals surface area contributed by atoms with E-state index < -0.39 is 41.6 Å². The summed E-state index contributed by atoms with van der Waals surface area (Å²) in [7, 11) is 5.39. The van der Waals surface area contributed by atoms with Crippen molar-refractivity contribution in [1.29, 1.82) is 0 Å². The Morgan fingerprint density at radius 3 is 2.22 bits per heavy atom. The molecule has 3 atom stereocenters. The van der Waals surface area contributed by atoms with Gasteiger partial charge in [0.1, 0.15) is 7.85 Å². The van der Waals surface area contributed by atoms with Gasteiger partial charge in [0.25, 0.3) is 0 Å². The Labute approximate surface area is 137 Å². The molecule has 0 aliphatic heterocycles. The van der Waals surface area contributed by atoms with E-state index in [1.54, 1.807) is 13.8 Å². The van der Waals surface area contributed by atoms with Gasteiger partial charge < -0.3 is 16.2 Å². The lowest BCUT2D eigenvalue weighted by atomic mass is 9.80. The smallest absolute Gasteiger partial charge is 0.305 e. The maximum atomic E-state index is 12.1. The summed E-state index contributed by atoms with van der Waals surface area (Å²) in [6, 6.07) is -1.19. The topological polar surface area (TPSA) is 139 Å². The molecule has 2 radical (unpaired) electrons. The molecule has 3 unspecified atom stereocenters. The maximum Gasteiger partial charge on any atom is 0.305 e. The van der Waals surface area contributed by atoms with E-state index in [-0.39, 0.29) is 25.2 Å². The fourth-order valence-electron chi connectivity index (χ4n) is 1.92. The molecule has 0 aliphatic rings. The third kappa shape index (κ3) is 6.92. The van der Waals surface area contributed by atoms with E-state index in [2.05, 4.69) is 10.6 Å². The van der Waals surface area contributed by atoms with Gasteiger partial charge >= 0.3 is 5.97 Å². The van der Waals surface area contributed by atoms with Gasteiger partial charge in [-0.3, -0.25) is 24.5 Å². The molecule has 0 heterocycles. The normalized spacial score (nSPS) is 16.0. The van der Waals surface area contributed by atoms with Gasteiger partial charge in [0.15, 0.2) is 11.6 Å². The van der Waals surface area contributed by atoms with Crippen molar-refractivity contribution >= 4 is 31.3 Å². The van der Waals surface area contributed by atoms with Crippen LogP contribution in [0.3, 0.4) is 0 Å². The average Bonchev–Trinajstić information content (AvgIpc) is 2.49. The quantitative estimate of drug-likeness (QED) is 0.346. The summed E-state index contributed by atoms with van der Waals surface area (Å²) in [5.41, 5.74) is 4.14. The molecule has 0 rings (SSSR count). The van der Waals surface area contributed by atoms with E-state index in [9.17, 15) is 19.2 Å². The molecule has 9 heteroatoms. The number of carbonyl (C=O) groups excluding carboxylic acids is 3. The lowest BCUT2D eigenvalue weighted by Crippen LogP contribution is -2.61. The number of aliphatic carboxylic acids is 1. The monoisotopic (exact) mass is 325 g/mol. The summed E-state index contributed by atoms with van der Waals surface area (Å²) in [6.45, 7) is 4.64. The highest BCUT2D eigenvalue weighted by Crippen LogP contribution is 2.14. The summed E-state index contributed by atoms with van der Waals surface area (Å²) in [5, 5.41) is 14.0. The Balaban J connectivity index is 5.15. The number of nitrogens with one attached hydrogen (secondary N) is 2. The van der Waals surface area contributed by atoms with Gasteiger partial charge in [-0.1, -0.05) is 13.8 Å². The number of Topliss-reactive ketones (excluding diaryl/α,β-unsaturated/α-hetero) is 2. The average molecular weight is 325 g/mol. The molecular weight excluding hydrogens is 301 g/mol. The van der Waals surface area contributed by atoms with Crippen LogP contribution in [0.25, 0.3) is 0 Å². The van der Waals surface area contributed by atoms with Crippen molar-refractivity contribution in [3.63, 3.8) is 0 Å². The Kier molecular flexibility index (Phi) is 8.70. The third-order valence-electron chi connectivity index (χ3n) is 3.60. The third-order valence-corrected chi connectivity index (χ3v) is 3.60. The summed E-state index contributed by atoms with van der Waals surface area (Å²) < 4.78 is 0. The number of nitrogens with two attached hydrogens (primary N) is 1. The fraction of sp³-hybridized carbons (Fsp3) is 0.714. The molecule has 0 aliphatic carbocycles. The molecular formula is C14H24BN3O5. The number of rotatable bonds is 11. The van der Waals surface area contributed by atoms with Crippen molar-refractivity contribution in [2.75, 3.05) is 6.54 Å². The largest absolute Gasteiger partial charge is 0.481 e. The first kappa shape index (κ1) is 21.3. The zero-order valence-electron chi connectivity index (χ0n) is 13.7. The van der Waals surface area contributed by atoms with Crippen LogP contribution in [-0.4, -0.2) is 60.5 Å². The van der Waals surface area contributed by atoms with Gasteiger partial charge in [-0.15, -0.1) is 0 Å². The van der Waals surface area contributed by atoms with Crippen molar-refractivity contribution < 1.29 is 24.3 Å². The standard InChI is InChI=1S/C14H24BN3O5/c1-4-8(19)7-17-13(23)9(6-10(20)21)18-14(3,5-2)11(22)12(15)16/h9,12,18H,4-7,16H2,1-3H3,(H,17,23)(H,20,21). The molecule has 0 saturated carbocycles. The Morgan fingerprint density at radius 2 is 1.83 bits per heavy atom. The van der Waals surface area contributed by atoms with Gasteiger partial charge in [-0.25, -0.2) is 0 Å². The highest BCUT2D eigenvalue weighted by molar-refractivity contribution is 6.25. The number of hydrogen-bond acceptors (Lipinski definition) is 6. The van der Waals surface area contributed by atoms with Crippen LogP contribution in [0.1, 0.15) is 40.0 Å². The van der Waals surface area contributed by atoms with Crippen LogP contribution in [0.5, 0.6) is 0 Å². The van der Waals surface area contributed by atoms with Crippen LogP contribution in [0.15, 0.2) is 0 Å². The van der Waals surface area contributed by atoms with Crippen molar-refractivity contribution in [2.45, 2.75) is 57.6 Å². The Morgan fingerprint density at radius 1 is 1.26 bits per heavy atom. The molecule has 0 aromatic carbocycles. The number of carboxylic acid groups (broad SMARTS) is 1. The van der Waals surface area contributed by atoms with Crippen LogP contribution in [-0.2, 0) is 19.2 Å². The van der Waals surface area contributed by atoms with Crippen LogP contribution in [0.2, 0.25) is 0 Å². The first-order valence-electron chi connectivity index (χ1n) is 7.41. The SMILES string of the molecule is [B]C(N)C(=O)C(C)(CC)NC(CC(=O)O)C(=O)NCC(=O)CC. The molecule has 128 valence electrons. The van der Waals surface area contributed by atoms with Gasteiger partial charge in [0.05, 0.1) is 24.5 Å². The molecule has 0 saturated heterocycles. The minimum absolute atomic E-state index is 0.189. The highest BCUT2D eigenvalue weighted by Gasteiger charge is 2.37. The maximum absolute atomic E-state index is 12.1. The Hall–Kier alpha value is -1.74. The zero-order valence-corrected chi connectivity index (χ0v) is 13.7. The summed E-state index contributed by atoms with van der Waals surface area (Å²) in [5.74, 6) is -3.86. The second kappa shape index (κ2) is 9.41. The van der Waals surface area contributed by atoms with E-state index in [1.807, 2.05) is 0 Å². The van der Waals surface area contributed by atoms with Crippen molar-refractivity contribution in [1.82, 2.24) is 10.6 Å². The number of carbonyl (C=O) groups is 4. The molecule has 23 heavy (non-hydrogen) atoms. The van der Waals surface area contributed by atoms with Crippen LogP contribution >= 0.6 is 0 Å². The molecule has 0 aromatic rings. The van der Waals surface area contributed by atoms with Crippen molar-refractivity contribution in [3.05, 3.63) is 0 Å². The van der Waals surface area contributed by atoms with Gasteiger partial charge in [-0.05, 0) is 13.3 Å². The number of amides is 1. The number of carboxylic acids is 1. The predicted molar refractivity (Wildman–Crippen MR) is 84.9 cm³/mol. The highest BCUT2D eigenvalue weighted by atomic mass is 16.4. The van der Waals surface area contributed by atoms with E-state index in [0.29, 0.717) is 0 Å². The predicted octanol–water partition coefficient (Wildman–Crippen LogP) is -1.29. The second-order valence-corrected chi connectivity index (χ2v) is 5.48. The van der Waals surface area contributed by atoms with Crippen LogP contribution < -0.4 is 16.4 Å². The van der Waals surface area contributed by atoms with Crippen LogP contribution in [0, 0.1) is 0 Å². The minimum atomic E-state index is -1.25. The van der Waals surface area contributed by atoms with E-state index >= 15 is 0 Å². The molecule has 8 nitrogen and oxygen atoms in total. The van der Waals surface area contributed by atoms with E-state index in [1.165, 1.54) is 6.92 Å². The van der Waals surface area contributed by atoms with E-state index in [0.717, 1.165) is 0 Å². The zero-order chi connectivity index (χ0) is 18.2. The first-order valence-corrected chi connectivity index (χ1v) is 7.41. The number of hydrogen-bond donors (Lipinski definition) is 4. The lowest BCUT2D eigenvalue weighted by molar-refractivity contribution is -0.141. The summed E-state index contributed by atoms with van der Waals surface area (Å²) >= 11 is 0. The van der Waals surface area contributed by atoms with Crippen molar-refractivity contribution in [3.8, 4) is 0 Å². The molecule has 5 N–H and O–H groups in total. The number of ketones is 2. The molecule has 1 amide bonds. The molecule has 0 aromatic heterocycles. The van der Waals surface area contributed by atoms with Gasteiger partial charge in [0.2, 0.25) is 5.91 Å². The second-order valence-electron chi connectivity index (χ2n) is 5.48. The van der Waals surface area contributed by atoms with Gasteiger partial charge in [0, 0.05) is 12.4 Å². The molecule has 0 bridgehead atoms. The van der Waals surface area contributed by atoms with Gasteiger partial charge in [-0.2, -0.15) is 0 Å². The molecule has 0 fully saturated rings. The molecule has 0 spiro atoms. The van der Waals surface area contributed by atoms with E-state index in [4.69, 9.17) is 18.7 Å². The summed E-state index contributed by atoms with van der Waals surface area (Å²) in [4.78, 5) is 46.5. The Bertz CT molecular complexity index is 469. The first-order chi connectivity index (χ1) is 10.6.